The van der Waals surface area contributed by atoms with Crippen molar-refractivity contribution >= 4 is 10.9 Å². The topological polar surface area (TPSA) is 65.1 Å². The van der Waals surface area contributed by atoms with Gasteiger partial charge in [0.1, 0.15) is 12.1 Å². The van der Waals surface area contributed by atoms with Crippen molar-refractivity contribution in [2.75, 3.05) is 7.11 Å². The first-order valence-corrected chi connectivity index (χ1v) is 6.22. The molecule has 0 spiro atoms. The highest BCUT2D eigenvalue weighted by Crippen LogP contribution is 2.37. The van der Waals surface area contributed by atoms with Crippen molar-refractivity contribution in [2.45, 2.75) is 12.7 Å². The standard InChI is InChI=1S/C13H11F3N4O2/c1-22-12-10-9(3-2-4-17-10)11(21)20(12)8-5-18-19(6-8)7-13(14,15)16/h2-6,21H,7H2,1H3. The van der Waals surface area contributed by atoms with Gasteiger partial charge in [-0.05, 0) is 12.1 Å². The lowest BCUT2D eigenvalue weighted by Crippen LogP contribution is -2.17. The van der Waals surface area contributed by atoms with E-state index in [0.29, 0.717) is 10.9 Å². The van der Waals surface area contributed by atoms with Gasteiger partial charge < -0.3 is 9.84 Å². The van der Waals surface area contributed by atoms with E-state index in [9.17, 15) is 18.3 Å². The molecule has 116 valence electrons. The molecule has 0 aromatic carbocycles. The number of hydrogen-bond acceptors (Lipinski definition) is 4. The first-order chi connectivity index (χ1) is 10.4. The van der Waals surface area contributed by atoms with E-state index in [0.717, 1.165) is 4.68 Å². The number of nitrogens with zero attached hydrogens (tertiary/aromatic N) is 4. The van der Waals surface area contributed by atoms with Gasteiger partial charge in [-0.2, -0.15) is 18.3 Å². The van der Waals surface area contributed by atoms with E-state index in [1.54, 1.807) is 12.1 Å². The maximum atomic E-state index is 12.4. The molecule has 6 nitrogen and oxygen atoms in total. The van der Waals surface area contributed by atoms with Gasteiger partial charge in [0.2, 0.25) is 11.8 Å². The van der Waals surface area contributed by atoms with Crippen molar-refractivity contribution in [3.63, 3.8) is 0 Å². The molecule has 0 amide bonds. The molecule has 3 heterocycles. The summed E-state index contributed by atoms with van der Waals surface area (Å²) in [5, 5.41) is 14.4. The summed E-state index contributed by atoms with van der Waals surface area (Å²) in [5.41, 5.74) is 0.655. The molecule has 3 rings (SSSR count). The number of aromatic nitrogens is 4. The summed E-state index contributed by atoms with van der Waals surface area (Å²) in [4.78, 5) is 4.11. The molecule has 0 aliphatic carbocycles. The van der Waals surface area contributed by atoms with Crippen molar-refractivity contribution in [3.8, 4) is 17.4 Å². The van der Waals surface area contributed by atoms with Crippen LogP contribution in [0.3, 0.4) is 0 Å². The number of halogens is 3. The Morgan fingerprint density at radius 3 is 2.82 bits per heavy atom. The number of ether oxygens (including phenoxy) is 1. The summed E-state index contributed by atoms with van der Waals surface area (Å²) in [6.07, 6.45) is -0.457. The quantitative estimate of drug-likeness (QED) is 0.807. The maximum absolute atomic E-state index is 12.4. The monoisotopic (exact) mass is 312 g/mol. The van der Waals surface area contributed by atoms with Gasteiger partial charge in [0.15, 0.2) is 0 Å². The minimum atomic E-state index is -4.38. The molecule has 3 aromatic rings. The highest BCUT2D eigenvalue weighted by molar-refractivity contribution is 5.90. The first kappa shape index (κ1) is 14.2. The Hall–Kier alpha value is -2.71. The number of pyridine rings is 1. The molecule has 0 atom stereocenters. The van der Waals surface area contributed by atoms with Crippen LogP contribution in [-0.4, -0.2) is 37.7 Å². The predicted molar refractivity (Wildman–Crippen MR) is 71.1 cm³/mol. The molecule has 0 saturated carbocycles. The number of methoxy groups -OCH3 is 1. The maximum Gasteiger partial charge on any atom is 0.408 e. The lowest BCUT2D eigenvalue weighted by molar-refractivity contribution is -0.142. The molecule has 1 N–H and O–H groups in total. The average Bonchev–Trinajstić information content (AvgIpc) is 3.00. The predicted octanol–water partition coefficient (Wildman–Crippen LogP) is 2.50. The van der Waals surface area contributed by atoms with Crippen molar-refractivity contribution in [3.05, 3.63) is 30.7 Å². The lowest BCUT2D eigenvalue weighted by atomic mass is 10.3. The largest absolute Gasteiger partial charge is 0.494 e. The molecule has 0 unspecified atom stereocenters. The van der Waals surface area contributed by atoms with Crippen LogP contribution in [0.2, 0.25) is 0 Å². The molecular formula is C13H11F3N4O2. The van der Waals surface area contributed by atoms with E-state index < -0.39 is 12.7 Å². The van der Waals surface area contributed by atoms with Crippen LogP contribution in [0.4, 0.5) is 13.2 Å². The van der Waals surface area contributed by atoms with Crippen molar-refractivity contribution in [1.29, 1.82) is 0 Å². The van der Waals surface area contributed by atoms with E-state index in [-0.39, 0.29) is 17.4 Å². The minimum Gasteiger partial charge on any atom is -0.494 e. The summed E-state index contributed by atoms with van der Waals surface area (Å²) >= 11 is 0. The van der Waals surface area contributed by atoms with Gasteiger partial charge >= 0.3 is 6.18 Å². The number of rotatable bonds is 3. The zero-order valence-corrected chi connectivity index (χ0v) is 11.4. The summed E-state index contributed by atoms with van der Waals surface area (Å²) in [6.45, 7) is -1.21. The Morgan fingerprint density at radius 1 is 1.36 bits per heavy atom. The average molecular weight is 312 g/mol. The van der Waals surface area contributed by atoms with Gasteiger partial charge in [-0.3, -0.25) is 9.67 Å². The first-order valence-electron chi connectivity index (χ1n) is 6.22. The summed E-state index contributed by atoms with van der Waals surface area (Å²) in [6, 6.07) is 3.27. The Morgan fingerprint density at radius 2 is 2.14 bits per heavy atom. The van der Waals surface area contributed by atoms with E-state index in [1.165, 1.54) is 30.3 Å². The third kappa shape index (κ3) is 2.34. The van der Waals surface area contributed by atoms with Crippen LogP contribution in [0.5, 0.6) is 11.8 Å². The Bertz CT molecular complexity index is 822. The van der Waals surface area contributed by atoms with Crippen LogP contribution in [0.1, 0.15) is 0 Å². The smallest absolute Gasteiger partial charge is 0.408 e. The van der Waals surface area contributed by atoms with Crippen LogP contribution < -0.4 is 4.74 Å². The summed E-state index contributed by atoms with van der Waals surface area (Å²) < 4.78 is 44.4. The number of alkyl halides is 3. The molecule has 0 bridgehead atoms. The molecule has 22 heavy (non-hydrogen) atoms. The SMILES string of the molecule is COc1c2ncccc2c(O)n1-c1cnn(CC(F)(F)F)c1. The molecular weight excluding hydrogens is 301 g/mol. The zero-order chi connectivity index (χ0) is 15.9. The van der Waals surface area contributed by atoms with Gasteiger partial charge in [0.25, 0.3) is 0 Å². The van der Waals surface area contributed by atoms with E-state index in [1.807, 2.05) is 0 Å². The Balaban J connectivity index is 2.12. The minimum absolute atomic E-state index is 0.175. The fourth-order valence-electron chi connectivity index (χ4n) is 2.24. The van der Waals surface area contributed by atoms with E-state index in [4.69, 9.17) is 4.74 Å². The van der Waals surface area contributed by atoms with Crippen molar-refractivity contribution in [1.82, 2.24) is 19.3 Å². The van der Waals surface area contributed by atoms with Crippen LogP contribution >= 0.6 is 0 Å². The van der Waals surface area contributed by atoms with Gasteiger partial charge in [-0.15, -0.1) is 0 Å². The van der Waals surface area contributed by atoms with Crippen LogP contribution in [0.15, 0.2) is 30.7 Å². The van der Waals surface area contributed by atoms with E-state index in [2.05, 4.69) is 10.1 Å². The Kier molecular flexibility index (Phi) is 3.19. The fraction of sp³-hybridized carbons (Fsp3) is 0.231. The molecule has 9 heteroatoms. The normalized spacial score (nSPS) is 12.0. The third-order valence-corrected chi connectivity index (χ3v) is 3.08. The van der Waals surface area contributed by atoms with Crippen molar-refractivity contribution in [2.24, 2.45) is 0 Å². The summed E-state index contributed by atoms with van der Waals surface area (Å²) in [7, 11) is 1.39. The lowest BCUT2D eigenvalue weighted by Gasteiger charge is -2.07. The molecule has 0 saturated heterocycles. The highest BCUT2D eigenvalue weighted by atomic mass is 19.4. The molecule has 3 aromatic heterocycles. The van der Waals surface area contributed by atoms with Gasteiger partial charge in [0, 0.05) is 12.4 Å². The second kappa shape index (κ2) is 4.93. The number of fused-ring (bicyclic) bond motifs is 1. The van der Waals surface area contributed by atoms with Crippen LogP contribution in [0, 0.1) is 0 Å². The highest BCUT2D eigenvalue weighted by Gasteiger charge is 2.29. The number of hydrogen-bond donors (Lipinski definition) is 1. The third-order valence-electron chi connectivity index (χ3n) is 3.08. The molecule has 0 fully saturated rings. The Labute approximate surface area is 122 Å². The summed E-state index contributed by atoms with van der Waals surface area (Å²) in [5.74, 6) is 0.0474. The molecule has 0 aliphatic heterocycles. The van der Waals surface area contributed by atoms with Crippen molar-refractivity contribution < 1.29 is 23.0 Å². The van der Waals surface area contributed by atoms with Crippen LogP contribution in [-0.2, 0) is 6.54 Å². The molecule has 0 aliphatic rings. The van der Waals surface area contributed by atoms with E-state index >= 15 is 0 Å². The van der Waals surface area contributed by atoms with Gasteiger partial charge in [-0.25, -0.2) is 4.57 Å². The molecule has 0 radical (unpaired) electrons. The van der Waals surface area contributed by atoms with Crippen LogP contribution in [0.25, 0.3) is 16.6 Å². The second-order valence-electron chi connectivity index (χ2n) is 4.58. The zero-order valence-electron chi connectivity index (χ0n) is 11.4. The van der Waals surface area contributed by atoms with Gasteiger partial charge in [-0.1, -0.05) is 0 Å². The van der Waals surface area contributed by atoms with Gasteiger partial charge in [0.05, 0.1) is 24.4 Å². The fourth-order valence-corrected chi connectivity index (χ4v) is 2.24. The second-order valence-corrected chi connectivity index (χ2v) is 4.58. The number of aromatic hydroxyl groups is 1.